The monoisotopic (exact) mass is 363 g/mol. The second-order valence-corrected chi connectivity index (χ2v) is 6.87. The number of nitrogens with zero attached hydrogens (tertiary/aromatic N) is 3. The number of hydrogen-bond donors (Lipinski definition) is 2. The molecule has 27 heavy (non-hydrogen) atoms. The van der Waals surface area contributed by atoms with Gasteiger partial charge in [-0.2, -0.15) is 4.98 Å². The Hall–Kier alpha value is -3.02. The van der Waals surface area contributed by atoms with Crippen LogP contribution in [0.25, 0.3) is 11.3 Å². The third-order valence-corrected chi connectivity index (χ3v) is 4.90. The van der Waals surface area contributed by atoms with Crippen LogP contribution in [0.1, 0.15) is 31.2 Å². The molecule has 0 saturated heterocycles. The van der Waals surface area contributed by atoms with E-state index in [-0.39, 0.29) is 5.82 Å². The molecule has 2 aromatic heterocycles. The Balaban J connectivity index is 1.69. The van der Waals surface area contributed by atoms with Gasteiger partial charge in [0.1, 0.15) is 11.6 Å². The normalized spacial score (nSPS) is 14.3. The maximum Gasteiger partial charge on any atom is 0.225 e. The summed E-state index contributed by atoms with van der Waals surface area (Å²) >= 11 is 0. The number of hydrogen-bond acceptors (Lipinski definition) is 5. The van der Waals surface area contributed by atoms with Crippen molar-refractivity contribution in [3.63, 3.8) is 0 Å². The zero-order chi connectivity index (χ0) is 18.6. The highest BCUT2D eigenvalue weighted by Crippen LogP contribution is 2.27. The lowest BCUT2D eigenvalue weighted by atomic mass is 10.2. The van der Waals surface area contributed by atoms with Crippen molar-refractivity contribution in [3.8, 4) is 11.3 Å². The minimum absolute atomic E-state index is 0.245. The fourth-order valence-electron chi connectivity index (χ4n) is 3.37. The Morgan fingerprint density at radius 2 is 1.93 bits per heavy atom. The molecule has 6 heteroatoms. The van der Waals surface area contributed by atoms with Crippen LogP contribution >= 0.6 is 0 Å². The predicted octanol–water partition coefficient (Wildman–Crippen LogP) is 5.08. The highest BCUT2D eigenvalue weighted by atomic mass is 19.1. The van der Waals surface area contributed by atoms with Crippen molar-refractivity contribution in [2.24, 2.45) is 0 Å². The molecular weight excluding hydrogens is 341 g/mol. The summed E-state index contributed by atoms with van der Waals surface area (Å²) in [6.07, 6.45) is 8.23. The van der Waals surface area contributed by atoms with E-state index in [9.17, 15) is 4.39 Å². The van der Waals surface area contributed by atoms with Crippen molar-refractivity contribution in [2.75, 3.05) is 10.6 Å². The largest absolute Gasteiger partial charge is 0.351 e. The third-order valence-electron chi connectivity index (χ3n) is 4.90. The molecule has 0 radical (unpaired) electrons. The number of halogens is 1. The van der Waals surface area contributed by atoms with Crippen molar-refractivity contribution in [2.45, 2.75) is 38.6 Å². The molecule has 0 spiro atoms. The van der Waals surface area contributed by atoms with Crippen LogP contribution in [0, 0.1) is 12.7 Å². The average Bonchev–Trinajstić information content (AvgIpc) is 3.19. The van der Waals surface area contributed by atoms with E-state index in [2.05, 4.69) is 25.6 Å². The van der Waals surface area contributed by atoms with Gasteiger partial charge in [0.15, 0.2) is 0 Å². The van der Waals surface area contributed by atoms with Crippen LogP contribution < -0.4 is 10.6 Å². The van der Waals surface area contributed by atoms with Crippen LogP contribution in [-0.4, -0.2) is 21.0 Å². The van der Waals surface area contributed by atoms with Gasteiger partial charge in [0.2, 0.25) is 5.95 Å². The molecule has 1 aliphatic rings. The third kappa shape index (κ3) is 4.05. The van der Waals surface area contributed by atoms with Crippen molar-refractivity contribution >= 4 is 17.5 Å². The first kappa shape index (κ1) is 17.4. The number of aromatic nitrogens is 3. The van der Waals surface area contributed by atoms with Gasteiger partial charge in [0.25, 0.3) is 0 Å². The molecule has 2 N–H and O–H groups in total. The van der Waals surface area contributed by atoms with Crippen LogP contribution in [0.3, 0.4) is 0 Å². The summed E-state index contributed by atoms with van der Waals surface area (Å²) < 4.78 is 13.9. The van der Waals surface area contributed by atoms with E-state index in [1.165, 1.54) is 18.9 Å². The highest BCUT2D eigenvalue weighted by molar-refractivity contribution is 5.68. The second-order valence-electron chi connectivity index (χ2n) is 6.87. The number of benzene rings is 1. The Kier molecular flexibility index (Phi) is 4.96. The van der Waals surface area contributed by atoms with Gasteiger partial charge in [-0.25, -0.2) is 9.37 Å². The van der Waals surface area contributed by atoms with Gasteiger partial charge >= 0.3 is 0 Å². The summed E-state index contributed by atoms with van der Waals surface area (Å²) in [7, 11) is 0. The number of pyridine rings is 1. The lowest BCUT2D eigenvalue weighted by Gasteiger charge is -2.15. The predicted molar refractivity (Wildman–Crippen MR) is 106 cm³/mol. The van der Waals surface area contributed by atoms with Crippen LogP contribution in [0.4, 0.5) is 21.8 Å². The summed E-state index contributed by atoms with van der Waals surface area (Å²) in [5, 5.41) is 6.68. The minimum Gasteiger partial charge on any atom is -0.351 e. The van der Waals surface area contributed by atoms with E-state index in [0.29, 0.717) is 29.1 Å². The summed E-state index contributed by atoms with van der Waals surface area (Å²) in [5.74, 6) is 0.962. The lowest BCUT2D eigenvalue weighted by molar-refractivity contribution is 0.619. The molecule has 0 aliphatic heterocycles. The van der Waals surface area contributed by atoms with Crippen molar-refractivity contribution < 1.29 is 4.39 Å². The van der Waals surface area contributed by atoms with Crippen LogP contribution in [0.2, 0.25) is 0 Å². The van der Waals surface area contributed by atoms with E-state index in [1.807, 2.05) is 24.3 Å². The topological polar surface area (TPSA) is 62.7 Å². The number of nitrogens with one attached hydrogen (secondary N) is 2. The summed E-state index contributed by atoms with van der Waals surface area (Å²) in [6, 6.07) is 11.1. The van der Waals surface area contributed by atoms with Crippen LogP contribution in [-0.2, 0) is 0 Å². The Bertz CT molecular complexity index is 923. The van der Waals surface area contributed by atoms with Crippen molar-refractivity contribution in [3.05, 3.63) is 60.2 Å². The minimum atomic E-state index is -0.245. The Labute approximate surface area is 158 Å². The van der Waals surface area contributed by atoms with Crippen molar-refractivity contribution in [1.82, 2.24) is 15.0 Å². The van der Waals surface area contributed by atoms with Gasteiger partial charge in [0, 0.05) is 41.3 Å². The highest BCUT2D eigenvalue weighted by Gasteiger charge is 2.17. The van der Waals surface area contributed by atoms with E-state index in [0.717, 1.165) is 24.1 Å². The quantitative estimate of drug-likeness (QED) is 0.661. The zero-order valence-electron chi connectivity index (χ0n) is 15.2. The second kappa shape index (κ2) is 7.70. The first-order chi connectivity index (χ1) is 13.2. The molecule has 3 aromatic rings. The molecular formula is C21H22FN5. The zero-order valence-corrected chi connectivity index (χ0v) is 15.2. The Morgan fingerprint density at radius 1 is 1.07 bits per heavy atom. The van der Waals surface area contributed by atoms with Gasteiger partial charge in [-0.15, -0.1) is 0 Å². The fraction of sp³-hybridized carbons (Fsp3) is 0.286. The van der Waals surface area contributed by atoms with E-state index < -0.39 is 0 Å². The number of anilines is 3. The molecule has 138 valence electrons. The molecule has 2 heterocycles. The molecule has 0 amide bonds. The summed E-state index contributed by atoms with van der Waals surface area (Å²) in [5.41, 5.74) is 2.94. The molecule has 1 saturated carbocycles. The smallest absolute Gasteiger partial charge is 0.225 e. The van der Waals surface area contributed by atoms with Gasteiger partial charge < -0.3 is 10.6 Å². The van der Waals surface area contributed by atoms with Crippen molar-refractivity contribution in [1.29, 1.82) is 0 Å². The van der Waals surface area contributed by atoms with E-state index in [1.54, 1.807) is 25.4 Å². The van der Waals surface area contributed by atoms with Gasteiger partial charge in [-0.1, -0.05) is 18.9 Å². The molecule has 0 unspecified atom stereocenters. The van der Waals surface area contributed by atoms with Gasteiger partial charge in [-0.05, 0) is 44.0 Å². The lowest BCUT2D eigenvalue weighted by Crippen LogP contribution is -2.17. The molecule has 1 fully saturated rings. The number of rotatable bonds is 5. The van der Waals surface area contributed by atoms with E-state index >= 15 is 0 Å². The first-order valence-corrected chi connectivity index (χ1v) is 9.27. The first-order valence-electron chi connectivity index (χ1n) is 9.27. The molecule has 0 bridgehead atoms. The fourth-order valence-corrected chi connectivity index (χ4v) is 3.37. The van der Waals surface area contributed by atoms with Gasteiger partial charge in [-0.3, -0.25) is 4.98 Å². The summed E-state index contributed by atoms with van der Waals surface area (Å²) in [4.78, 5) is 13.5. The maximum absolute atomic E-state index is 13.9. The average molecular weight is 363 g/mol. The Morgan fingerprint density at radius 3 is 2.70 bits per heavy atom. The molecule has 1 aromatic carbocycles. The standard InChI is InChI=1S/C21H22FN5/c1-14-17(22)9-4-10-18(14)25-20-12-19(15-6-5-11-23-13-15)26-21(27-20)24-16-7-2-3-8-16/h4-6,9-13,16H,2-3,7-8H2,1H3,(H2,24,25,26,27). The SMILES string of the molecule is Cc1c(F)cccc1Nc1cc(-c2cccnc2)nc(NC2CCCC2)n1. The van der Waals surface area contributed by atoms with Gasteiger partial charge in [0.05, 0.1) is 5.69 Å². The molecule has 0 atom stereocenters. The molecule has 1 aliphatic carbocycles. The van der Waals surface area contributed by atoms with Crippen LogP contribution in [0.5, 0.6) is 0 Å². The summed E-state index contributed by atoms with van der Waals surface area (Å²) in [6.45, 7) is 1.75. The van der Waals surface area contributed by atoms with Crippen LogP contribution in [0.15, 0.2) is 48.8 Å². The van der Waals surface area contributed by atoms with E-state index in [4.69, 9.17) is 0 Å². The maximum atomic E-state index is 13.9. The molecule has 5 nitrogen and oxygen atoms in total. The molecule has 4 rings (SSSR count).